The molecule has 0 spiro atoms. The minimum Gasteiger partial charge on any atom is -0.337 e. The van der Waals surface area contributed by atoms with Gasteiger partial charge in [-0.25, -0.2) is 4.79 Å². The van der Waals surface area contributed by atoms with Crippen molar-refractivity contribution in [1.29, 1.82) is 0 Å². The predicted molar refractivity (Wildman–Crippen MR) is 114 cm³/mol. The Balaban J connectivity index is 1.87. The molecule has 0 aliphatic carbocycles. The third-order valence-electron chi connectivity index (χ3n) is 5.32. The number of nitrogens with zero attached hydrogens (tertiary/aromatic N) is 1. The van der Waals surface area contributed by atoms with Crippen molar-refractivity contribution in [1.82, 2.24) is 4.73 Å². The summed E-state index contributed by atoms with van der Waals surface area (Å²) in [7, 11) is 0. The number of rotatable bonds is 4. The van der Waals surface area contributed by atoms with E-state index >= 15 is 0 Å². The minimum atomic E-state index is -4.41. The van der Waals surface area contributed by atoms with Crippen LogP contribution in [0.3, 0.4) is 0 Å². The lowest BCUT2D eigenvalue weighted by atomic mass is 9.92. The fourth-order valence-corrected chi connectivity index (χ4v) is 3.76. The summed E-state index contributed by atoms with van der Waals surface area (Å²) in [5.74, 6) is -0.477. The number of halogens is 3. The largest absolute Gasteiger partial charge is 0.416 e. The van der Waals surface area contributed by atoms with Crippen LogP contribution in [-0.4, -0.2) is 10.7 Å². The number of carbonyl (C=O) groups excluding carboxylic acids is 1. The summed E-state index contributed by atoms with van der Waals surface area (Å²) in [5.41, 5.74) is 3.09. The fourth-order valence-electron chi connectivity index (χ4n) is 3.76. The lowest BCUT2D eigenvalue weighted by Crippen LogP contribution is -2.15. The molecule has 3 nitrogen and oxygen atoms in total. The first-order valence-corrected chi connectivity index (χ1v) is 9.80. The maximum absolute atomic E-state index is 13.2. The molecule has 0 fully saturated rings. The molecule has 4 rings (SSSR count). The molecule has 3 aromatic carbocycles. The van der Waals surface area contributed by atoms with Crippen LogP contribution in [0.4, 0.5) is 13.2 Å². The maximum Gasteiger partial charge on any atom is 0.416 e. The molecule has 1 heterocycles. The van der Waals surface area contributed by atoms with E-state index in [1.54, 1.807) is 24.4 Å². The van der Waals surface area contributed by atoms with Gasteiger partial charge in [0.25, 0.3) is 0 Å². The SMILES string of the molecule is CC(=O)On1cc(C(C)c2ccccc2)c2cc(-c3cccc(C(F)(F)F)c3)ccc21. The molecule has 158 valence electrons. The zero-order valence-corrected chi connectivity index (χ0v) is 17.0. The standard InChI is InChI=1S/C25H20F3NO2/c1-16(18-7-4-3-5-8-18)23-15-29(31-17(2)30)24-12-11-20(14-22(23)24)19-9-6-10-21(13-19)25(26,27)28/h3-16H,1-2H3. The van der Waals surface area contributed by atoms with Crippen molar-refractivity contribution < 1.29 is 22.8 Å². The van der Waals surface area contributed by atoms with Crippen LogP contribution < -0.4 is 4.84 Å². The van der Waals surface area contributed by atoms with Gasteiger partial charge in [0.15, 0.2) is 0 Å². The highest BCUT2D eigenvalue weighted by atomic mass is 19.4. The highest BCUT2D eigenvalue weighted by molar-refractivity contribution is 5.89. The average Bonchev–Trinajstić information content (AvgIpc) is 3.10. The normalized spacial score (nSPS) is 12.7. The second-order valence-corrected chi connectivity index (χ2v) is 7.44. The zero-order chi connectivity index (χ0) is 22.2. The van der Waals surface area contributed by atoms with E-state index < -0.39 is 17.7 Å². The summed E-state index contributed by atoms with van der Waals surface area (Å²) in [5, 5.41) is 0.813. The number of carbonyl (C=O) groups is 1. The Morgan fingerprint density at radius 2 is 1.65 bits per heavy atom. The topological polar surface area (TPSA) is 31.2 Å². The Morgan fingerprint density at radius 3 is 2.32 bits per heavy atom. The second kappa shape index (κ2) is 7.95. The van der Waals surface area contributed by atoms with Crippen LogP contribution in [0.25, 0.3) is 22.0 Å². The Kier molecular flexibility index (Phi) is 5.31. The fraction of sp³-hybridized carbons (Fsp3) is 0.160. The first-order valence-electron chi connectivity index (χ1n) is 9.80. The van der Waals surface area contributed by atoms with Gasteiger partial charge in [0, 0.05) is 24.4 Å². The summed E-state index contributed by atoms with van der Waals surface area (Å²) in [6.45, 7) is 3.36. The Hall–Kier alpha value is -3.54. The molecule has 4 aromatic rings. The van der Waals surface area contributed by atoms with Gasteiger partial charge < -0.3 is 4.84 Å². The van der Waals surface area contributed by atoms with Gasteiger partial charge in [0.05, 0.1) is 11.1 Å². The van der Waals surface area contributed by atoms with Gasteiger partial charge in [0.2, 0.25) is 0 Å². The van der Waals surface area contributed by atoms with Gasteiger partial charge in [-0.3, -0.25) is 0 Å². The molecule has 0 bridgehead atoms. The van der Waals surface area contributed by atoms with Gasteiger partial charge in [-0.05, 0) is 46.5 Å². The van der Waals surface area contributed by atoms with Gasteiger partial charge in [0.1, 0.15) is 0 Å². The van der Waals surface area contributed by atoms with Crippen molar-refractivity contribution in [2.75, 3.05) is 0 Å². The van der Waals surface area contributed by atoms with Crippen molar-refractivity contribution in [2.24, 2.45) is 0 Å². The van der Waals surface area contributed by atoms with E-state index in [0.717, 1.165) is 28.6 Å². The van der Waals surface area contributed by atoms with Crippen molar-refractivity contribution in [3.63, 3.8) is 0 Å². The van der Waals surface area contributed by atoms with Gasteiger partial charge in [-0.1, -0.05) is 55.5 Å². The van der Waals surface area contributed by atoms with Crippen molar-refractivity contribution >= 4 is 16.9 Å². The van der Waals surface area contributed by atoms with Crippen molar-refractivity contribution in [2.45, 2.75) is 25.9 Å². The molecule has 1 atom stereocenters. The molecule has 1 unspecified atom stereocenters. The summed E-state index contributed by atoms with van der Waals surface area (Å²) in [4.78, 5) is 16.9. The van der Waals surface area contributed by atoms with Crippen LogP contribution in [0, 0.1) is 0 Å². The van der Waals surface area contributed by atoms with Gasteiger partial charge in [-0.2, -0.15) is 17.9 Å². The van der Waals surface area contributed by atoms with E-state index in [4.69, 9.17) is 4.84 Å². The molecule has 0 N–H and O–H groups in total. The monoisotopic (exact) mass is 423 g/mol. The Morgan fingerprint density at radius 1 is 0.935 bits per heavy atom. The molecule has 0 saturated heterocycles. The Bertz CT molecular complexity index is 1240. The number of hydrogen-bond donors (Lipinski definition) is 0. The average molecular weight is 423 g/mol. The number of alkyl halides is 3. The third kappa shape index (κ3) is 4.19. The van der Waals surface area contributed by atoms with E-state index in [-0.39, 0.29) is 5.92 Å². The number of fused-ring (bicyclic) bond motifs is 1. The van der Waals surface area contributed by atoms with E-state index in [0.29, 0.717) is 16.6 Å². The molecule has 0 aliphatic rings. The van der Waals surface area contributed by atoms with Crippen molar-refractivity contribution in [3.05, 3.63) is 95.7 Å². The van der Waals surface area contributed by atoms with Crippen LogP contribution in [0.1, 0.15) is 36.5 Å². The van der Waals surface area contributed by atoms with Crippen LogP contribution in [0.5, 0.6) is 0 Å². The molecule has 0 amide bonds. The molecule has 0 radical (unpaired) electrons. The number of aromatic nitrogens is 1. The smallest absolute Gasteiger partial charge is 0.337 e. The molecule has 31 heavy (non-hydrogen) atoms. The lowest BCUT2D eigenvalue weighted by molar-refractivity contribution is -0.141. The van der Waals surface area contributed by atoms with E-state index in [9.17, 15) is 18.0 Å². The first kappa shape index (κ1) is 20.7. The highest BCUT2D eigenvalue weighted by Gasteiger charge is 2.30. The second-order valence-electron chi connectivity index (χ2n) is 7.44. The molecular formula is C25H20F3NO2. The highest BCUT2D eigenvalue weighted by Crippen LogP contribution is 2.36. The maximum atomic E-state index is 13.2. The molecule has 1 aromatic heterocycles. The quantitative estimate of drug-likeness (QED) is 0.378. The lowest BCUT2D eigenvalue weighted by Gasteiger charge is -2.12. The molecule has 0 aliphatic heterocycles. The van der Waals surface area contributed by atoms with E-state index in [1.165, 1.54) is 17.7 Å². The third-order valence-corrected chi connectivity index (χ3v) is 5.32. The zero-order valence-electron chi connectivity index (χ0n) is 17.0. The van der Waals surface area contributed by atoms with Crippen LogP contribution in [0.15, 0.2) is 79.0 Å². The summed E-state index contributed by atoms with van der Waals surface area (Å²) in [6.07, 6.45) is -2.65. The van der Waals surface area contributed by atoms with Crippen molar-refractivity contribution in [3.8, 4) is 11.1 Å². The van der Waals surface area contributed by atoms with E-state index in [2.05, 4.69) is 0 Å². The van der Waals surface area contributed by atoms with Crippen LogP contribution in [-0.2, 0) is 11.0 Å². The van der Waals surface area contributed by atoms with Crippen LogP contribution in [0.2, 0.25) is 0 Å². The number of benzene rings is 3. The molecule has 6 heteroatoms. The van der Waals surface area contributed by atoms with Gasteiger partial charge >= 0.3 is 12.1 Å². The summed E-state index contributed by atoms with van der Waals surface area (Å²) in [6, 6.07) is 20.4. The summed E-state index contributed by atoms with van der Waals surface area (Å²) >= 11 is 0. The minimum absolute atomic E-state index is 0.0164. The molecular weight excluding hydrogens is 403 g/mol. The number of hydrogen-bond acceptors (Lipinski definition) is 2. The van der Waals surface area contributed by atoms with Gasteiger partial charge in [-0.15, -0.1) is 0 Å². The first-order chi connectivity index (χ1) is 14.7. The Labute approximate surface area is 177 Å². The predicted octanol–water partition coefficient (Wildman–Crippen LogP) is 6.45. The summed E-state index contributed by atoms with van der Waals surface area (Å²) < 4.78 is 40.9. The van der Waals surface area contributed by atoms with E-state index in [1.807, 2.05) is 43.3 Å². The van der Waals surface area contributed by atoms with Crippen LogP contribution >= 0.6 is 0 Å². The molecule has 0 saturated carbocycles.